The van der Waals surface area contributed by atoms with Gasteiger partial charge in [-0.1, -0.05) is 17.7 Å². The number of furan rings is 1. The summed E-state index contributed by atoms with van der Waals surface area (Å²) in [5, 5.41) is 4.17. The molecule has 0 fully saturated rings. The van der Waals surface area contributed by atoms with Gasteiger partial charge in [-0.25, -0.2) is 9.59 Å². The molecule has 0 unspecified atom stereocenters. The zero-order valence-electron chi connectivity index (χ0n) is 19.5. The van der Waals surface area contributed by atoms with Crippen LogP contribution in [0.15, 0.2) is 62.9 Å². The van der Waals surface area contributed by atoms with Gasteiger partial charge in [-0.15, -0.1) is 0 Å². The van der Waals surface area contributed by atoms with Gasteiger partial charge in [-0.2, -0.15) is 18.4 Å². The van der Waals surface area contributed by atoms with Crippen LogP contribution in [0, 0.1) is 13.8 Å². The van der Waals surface area contributed by atoms with Gasteiger partial charge in [-0.05, 0) is 63.1 Å². The molecule has 10 heteroatoms. The van der Waals surface area contributed by atoms with Crippen molar-refractivity contribution in [3.05, 3.63) is 82.3 Å². The Morgan fingerprint density at radius 1 is 0.971 bits per heavy atom. The average molecular weight is 497 g/mol. The lowest BCUT2D eigenvalue weighted by Gasteiger charge is -2.14. The van der Waals surface area contributed by atoms with Crippen LogP contribution in [0.3, 0.4) is 0 Å². The van der Waals surface area contributed by atoms with Crippen molar-refractivity contribution in [3.8, 4) is 5.75 Å². The molecule has 0 spiro atoms. The minimum absolute atomic E-state index is 0.0167. The van der Waals surface area contributed by atoms with Crippen LogP contribution in [0.25, 0.3) is 0 Å². The van der Waals surface area contributed by atoms with Gasteiger partial charge in [0.05, 0.1) is 23.3 Å². The van der Waals surface area contributed by atoms with Crippen molar-refractivity contribution >= 4 is 27.7 Å². The summed E-state index contributed by atoms with van der Waals surface area (Å²) < 4.78 is 41.1. The monoisotopic (exact) mass is 496 g/mol. The molecule has 1 aliphatic rings. The number of ether oxygens (including phenoxy) is 2. The molecule has 182 valence electrons. The number of aryl methyl sites for hydroxylation is 2. The molecule has 3 aromatic rings. The second-order valence-corrected chi connectivity index (χ2v) is 9.74. The van der Waals surface area contributed by atoms with E-state index >= 15 is 0 Å². The lowest BCUT2D eigenvalue weighted by Crippen LogP contribution is -2.22. The standard InChI is InChI=1S/C25H24N2O7S/c1-15-7-13-19(14-8-15)35(30,31)27-26-20-5-4-6-21-22(20)16(2)23(34-21)25(29)33-18-11-9-17(10-12-18)24(28)32-3/h7-14,27H,4-6H2,1-3H3/b26-20+. The number of carbonyl (C=O) groups is 2. The number of carbonyl (C=O) groups excluding carboxylic acids is 2. The zero-order valence-corrected chi connectivity index (χ0v) is 20.3. The SMILES string of the molecule is COC(=O)c1ccc(OC(=O)c2oc3c(c2C)/C(=N/NS(=O)(=O)c2ccc(C)cc2)CCC3)cc1. The smallest absolute Gasteiger partial charge is 0.379 e. The van der Waals surface area contributed by atoms with Crippen LogP contribution in [0.1, 0.15) is 56.2 Å². The first kappa shape index (κ1) is 24.2. The number of nitrogens with one attached hydrogen (secondary N) is 1. The molecular formula is C25H24N2O7S. The fraction of sp³-hybridized carbons (Fsp3) is 0.240. The third-order valence-corrected chi connectivity index (χ3v) is 6.85. The lowest BCUT2D eigenvalue weighted by molar-refractivity contribution is 0.0600. The van der Waals surface area contributed by atoms with Crippen molar-refractivity contribution in [3.63, 3.8) is 0 Å². The summed E-state index contributed by atoms with van der Waals surface area (Å²) >= 11 is 0. The first-order valence-corrected chi connectivity index (χ1v) is 12.4. The number of rotatable bonds is 6. The third kappa shape index (κ3) is 5.12. The normalized spacial score (nSPS) is 14.3. The molecule has 0 aliphatic heterocycles. The molecule has 0 amide bonds. The Bertz CT molecular complexity index is 1400. The minimum Gasteiger partial charge on any atom is -0.465 e. The van der Waals surface area contributed by atoms with Crippen molar-refractivity contribution in [2.75, 3.05) is 7.11 Å². The third-order valence-electron chi connectivity index (χ3n) is 5.63. The maximum absolute atomic E-state index is 12.8. The van der Waals surface area contributed by atoms with Gasteiger partial charge < -0.3 is 13.9 Å². The van der Waals surface area contributed by atoms with Gasteiger partial charge in [0.1, 0.15) is 11.5 Å². The Kier molecular flexibility index (Phi) is 6.74. The quantitative estimate of drug-likeness (QED) is 0.312. The number of esters is 2. The molecule has 35 heavy (non-hydrogen) atoms. The fourth-order valence-electron chi connectivity index (χ4n) is 3.79. The van der Waals surface area contributed by atoms with Crippen LogP contribution in [-0.2, 0) is 21.2 Å². The highest BCUT2D eigenvalue weighted by atomic mass is 32.2. The molecule has 0 saturated heterocycles. The van der Waals surface area contributed by atoms with E-state index in [1.54, 1.807) is 19.1 Å². The molecule has 1 heterocycles. The average Bonchev–Trinajstić information content (AvgIpc) is 3.20. The topological polar surface area (TPSA) is 124 Å². The Morgan fingerprint density at radius 3 is 2.31 bits per heavy atom. The van der Waals surface area contributed by atoms with E-state index in [0.29, 0.717) is 47.4 Å². The molecule has 1 N–H and O–H groups in total. The van der Waals surface area contributed by atoms with E-state index in [1.165, 1.54) is 43.5 Å². The zero-order chi connectivity index (χ0) is 25.2. The second kappa shape index (κ2) is 9.75. The Morgan fingerprint density at radius 2 is 1.66 bits per heavy atom. The predicted octanol–water partition coefficient (Wildman–Crippen LogP) is 3.92. The van der Waals surface area contributed by atoms with E-state index in [9.17, 15) is 18.0 Å². The molecule has 1 aromatic heterocycles. The number of hydrazone groups is 1. The number of benzene rings is 2. The van der Waals surface area contributed by atoms with E-state index < -0.39 is 22.0 Å². The van der Waals surface area contributed by atoms with Gasteiger partial charge in [0.25, 0.3) is 10.0 Å². The number of fused-ring (bicyclic) bond motifs is 1. The number of hydrogen-bond donors (Lipinski definition) is 1. The highest BCUT2D eigenvalue weighted by Crippen LogP contribution is 2.31. The van der Waals surface area contributed by atoms with Gasteiger partial charge in [-0.3, -0.25) is 0 Å². The molecule has 0 radical (unpaired) electrons. The van der Waals surface area contributed by atoms with Crippen LogP contribution in [-0.4, -0.2) is 33.2 Å². The molecule has 2 aromatic carbocycles. The fourth-order valence-corrected chi connectivity index (χ4v) is 4.62. The van der Waals surface area contributed by atoms with Crippen molar-refractivity contribution in [1.82, 2.24) is 4.83 Å². The van der Waals surface area contributed by atoms with Gasteiger partial charge in [0, 0.05) is 17.5 Å². The highest BCUT2D eigenvalue weighted by molar-refractivity contribution is 7.89. The number of nitrogens with zero attached hydrogens (tertiary/aromatic N) is 1. The summed E-state index contributed by atoms with van der Waals surface area (Å²) in [6.45, 7) is 3.57. The maximum atomic E-state index is 12.8. The van der Waals surface area contributed by atoms with E-state index in [2.05, 4.69) is 14.7 Å². The molecule has 0 saturated carbocycles. The van der Waals surface area contributed by atoms with Crippen molar-refractivity contribution < 1.29 is 31.9 Å². The number of methoxy groups -OCH3 is 1. The Balaban J connectivity index is 1.55. The van der Waals surface area contributed by atoms with Crippen LogP contribution in [0.4, 0.5) is 0 Å². The molecule has 0 bridgehead atoms. The van der Waals surface area contributed by atoms with Gasteiger partial charge >= 0.3 is 11.9 Å². The van der Waals surface area contributed by atoms with E-state index in [0.717, 1.165) is 5.56 Å². The Hall–Kier alpha value is -3.92. The number of sulfonamides is 1. The van der Waals surface area contributed by atoms with Gasteiger partial charge in [0.2, 0.25) is 5.76 Å². The summed E-state index contributed by atoms with van der Waals surface area (Å²) in [5.41, 5.74) is 2.88. The van der Waals surface area contributed by atoms with Crippen LogP contribution in [0.2, 0.25) is 0 Å². The second-order valence-electron chi connectivity index (χ2n) is 8.08. The van der Waals surface area contributed by atoms with Crippen LogP contribution < -0.4 is 9.57 Å². The van der Waals surface area contributed by atoms with Crippen molar-refractivity contribution in [2.24, 2.45) is 5.10 Å². The largest absolute Gasteiger partial charge is 0.465 e. The molecule has 1 aliphatic carbocycles. The number of hydrogen-bond acceptors (Lipinski definition) is 8. The lowest BCUT2D eigenvalue weighted by atomic mass is 9.93. The maximum Gasteiger partial charge on any atom is 0.379 e. The van der Waals surface area contributed by atoms with E-state index in [4.69, 9.17) is 9.15 Å². The molecule has 4 rings (SSSR count). The summed E-state index contributed by atoms with van der Waals surface area (Å²) in [4.78, 5) is 26.8. The minimum atomic E-state index is -3.85. The van der Waals surface area contributed by atoms with Crippen LogP contribution >= 0.6 is 0 Å². The van der Waals surface area contributed by atoms with E-state index in [-0.39, 0.29) is 16.4 Å². The highest BCUT2D eigenvalue weighted by Gasteiger charge is 2.29. The summed E-state index contributed by atoms with van der Waals surface area (Å²) in [6, 6.07) is 12.4. The summed E-state index contributed by atoms with van der Waals surface area (Å²) in [6.07, 6.45) is 1.79. The van der Waals surface area contributed by atoms with Gasteiger partial charge in [0.15, 0.2) is 0 Å². The van der Waals surface area contributed by atoms with Crippen molar-refractivity contribution in [2.45, 2.75) is 38.0 Å². The predicted molar refractivity (Wildman–Crippen MR) is 127 cm³/mol. The molecule has 9 nitrogen and oxygen atoms in total. The Labute approximate surface area is 202 Å². The van der Waals surface area contributed by atoms with Crippen molar-refractivity contribution in [1.29, 1.82) is 0 Å². The summed E-state index contributed by atoms with van der Waals surface area (Å²) in [7, 11) is -2.57. The van der Waals surface area contributed by atoms with E-state index in [1.807, 2.05) is 6.92 Å². The first-order chi connectivity index (χ1) is 16.7. The van der Waals surface area contributed by atoms with Crippen LogP contribution in [0.5, 0.6) is 5.75 Å². The summed E-state index contributed by atoms with van der Waals surface area (Å²) in [5.74, 6) is -0.404. The molecule has 0 atom stereocenters. The molecular weight excluding hydrogens is 472 g/mol. The first-order valence-electron chi connectivity index (χ1n) is 10.9.